The molecular formula is C13H19N3O. The van der Waals surface area contributed by atoms with Gasteiger partial charge in [-0.05, 0) is 37.6 Å². The SMILES string of the molecule is NC(=O)c1cccc(NCC2CCCCN2)c1. The summed E-state index contributed by atoms with van der Waals surface area (Å²) < 4.78 is 0. The van der Waals surface area contributed by atoms with Crippen molar-refractivity contribution in [2.45, 2.75) is 25.3 Å². The molecule has 17 heavy (non-hydrogen) atoms. The molecule has 4 heteroatoms. The molecule has 4 nitrogen and oxygen atoms in total. The van der Waals surface area contributed by atoms with E-state index in [2.05, 4.69) is 10.6 Å². The Hall–Kier alpha value is -1.55. The zero-order valence-electron chi connectivity index (χ0n) is 9.91. The van der Waals surface area contributed by atoms with Gasteiger partial charge >= 0.3 is 0 Å². The van der Waals surface area contributed by atoms with Crippen molar-refractivity contribution in [3.8, 4) is 0 Å². The Kier molecular flexibility index (Phi) is 3.98. The monoisotopic (exact) mass is 233 g/mol. The first-order chi connectivity index (χ1) is 8.25. The van der Waals surface area contributed by atoms with Crippen molar-refractivity contribution in [1.29, 1.82) is 0 Å². The summed E-state index contributed by atoms with van der Waals surface area (Å²) >= 11 is 0. The van der Waals surface area contributed by atoms with Gasteiger partial charge in [-0.2, -0.15) is 0 Å². The number of benzene rings is 1. The first kappa shape index (κ1) is 11.9. The molecule has 1 aromatic rings. The normalized spacial score (nSPS) is 19.9. The molecule has 0 aromatic heterocycles. The molecule has 1 unspecified atom stereocenters. The lowest BCUT2D eigenvalue weighted by Crippen LogP contribution is -2.39. The number of hydrogen-bond donors (Lipinski definition) is 3. The number of primary amides is 1. The molecule has 1 amide bonds. The summed E-state index contributed by atoms with van der Waals surface area (Å²) in [5.41, 5.74) is 6.74. The van der Waals surface area contributed by atoms with Crippen molar-refractivity contribution in [3.63, 3.8) is 0 Å². The lowest BCUT2D eigenvalue weighted by atomic mass is 10.0. The molecule has 1 fully saturated rings. The number of anilines is 1. The maximum atomic E-state index is 11.0. The van der Waals surface area contributed by atoms with Crippen molar-refractivity contribution in [1.82, 2.24) is 5.32 Å². The third-order valence-corrected chi connectivity index (χ3v) is 3.11. The molecule has 0 radical (unpaired) electrons. The lowest BCUT2D eigenvalue weighted by molar-refractivity contribution is 0.100. The second-order valence-corrected chi connectivity index (χ2v) is 4.47. The molecule has 92 valence electrons. The van der Waals surface area contributed by atoms with E-state index < -0.39 is 0 Å². The maximum Gasteiger partial charge on any atom is 0.248 e. The second kappa shape index (κ2) is 5.68. The number of nitrogens with two attached hydrogens (primary N) is 1. The molecular weight excluding hydrogens is 214 g/mol. The molecule has 1 saturated heterocycles. The van der Waals surface area contributed by atoms with Crippen LogP contribution in [0.25, 0.3) is 0 Å². The Morgan fingerprint density at radius 2 is 2.35 bits per heavy atom. The summed E-state index contributed by atoms with van der Waals surface area (Å²) in [5.74, 6) is -0.385. The van der Waals surface area contributed by atoms with Gasteiger partial charge in [0.25, 0.3) is 0 Å². The van der Waals surface area contributed by atoms with Crippen molar-refractivity contribution < 1.29 is 4.79 Å². The van der Waals surface area contributed by atoms with E-state index in [-0.39, 0.29) is 5.91 Å². The fourth-order valence-corrected chi connectivity index (χ4v) is 2.12. The van der Waals surface area contributed by atoms with Crippen LogP contribution in [-0.4, -0.2) is 25.0 Å². The number of amides is 1. The average Bonchev–Trinajstić information content (AvgIpc) is 2.38. The molecule has 1 aromatic carbocycles. The average molecular weight is 233 g/mol. The van der Waals surface area contributed by atoms with Gasteiger partial charge in [-0.15, -0.1) is 0 Å². The van der Waals surface area contributed by atoms with Gasteiger partial charge in [0.05, 0.1) is 0 Å². The van der Waals surface area contributed by atoms with E-state index in [4.69, 9.17) is 5.73 Å². The van der Waals surface area contributed by atoms with E-state index >= 15 is 0 Å². The quantitative estimate of drug-likeness (QED) is 0.735. The second-order valence-electron chi connectivity index (χ2n) is 4.47. The highest BCUT2D eigenvalue weighted by Crippen LogP contribution is 2.12. The molecule has 0 aliphatic carbocycles. The third-order valence-electron chi connectivity index (χ3n) is 3.11. The number of hydrogen-bond acceptors (Lipinski definition) is 3. The third kappa shape index (κ3) is 3.46. The fraction of sp³-hybridized carbons (Fsp3) is 0.462. The van der Waals surface area contributed by atoms with Crippen LogP contribution in [0.3, 0.4) is 0 Å². The van der Waals surface area contributed by atoms with Crippen LogP contribution < -0.4 is 16.4 Å². The van der Waals surface area contributed by atoms with E-state index in [1.54, 1.807) is 12.1 Å². The Bertz CT molecular complexity index is 386. The Morgan fingerprint density at radius 1 is 1.47 bits per heavy atom. The van der Waals surface area contributed by atoms with E-state index in [0.29, 0.717) is 11.6 Å². The summed E-state index contributed by atoms with van der Waals surface area (Å²) in [5, 5.41) is 6.81. The van der Waals surface area contributed by atoms with E-state index in [1.165, 1.54) is 19.3 Å². The van der Waals surface area contributed by atoms with Crippen molar-refractivity contribution in [3.05, 3.63) is 29.8 Å². The van der Waals surface area contributed by atoms with Crippen LogP contribution in [-0.2, 0) is 0 Å². The Morgan fingerprint density at radius 3 is 3.06 bits per heavy atom. The fourth-order valence-electron chi connectivity index (χ4n) is 2.12. The van der Waals surface area contributed by atoms with Crippen LogP contribution in [0.5, 0.6) is 0 Å². The van der Waals surface area contributed by atoms with Gasteiger partial charge < -0.3 is 16.4 Å². The van der Waals surface area contributed by atoms with Gasteiger partial charge in [0.15, 0.2) is 0 Å². The Balaban J connectivity index is 1.89. The zero-order valence-corrected chi connectivity index (χ0v) is 9.91. The zero-order chi connectivity index (χ0) is 12.1. The minimum Gasteiger partial charge on any atom is -0.383 e. The van der Waals surface area contributed by atoms with Gasteiger partial charge in [0.1, 0.15) is 0 Å². The molecule has 0 bridgehead atoms. The first-order valence-corrected chi connectivity index (χ1v) is 6.13. The van der Waals surface area contributed by atoms with Crippen LogP contribution in [0.2, 0.25) is 0 Å². The van der Waals surface area contributed by atoms with Crippen LogP contribution in [0.1, 0.15) is 29.6 Å². The van der Waals surface area contributed by atoms with Gasteiger partial charge in [-0.1, -0.05) is 12.5 Å². The maximum absolute atomic E-state index is 11.0. The predicted molar refractivity (Wildman–Crippen MR) is 69.1 cm³/mol. The standard InChI is InChI=1S/C13H19N3O/c14-13(17)10-4-3-6-11(8-10)16-9-12-5-1-2-7-15-12/h3-4,6,8,12,15-16H,1-2,5,7,9H2,(H2,14,17). The van der Waals surface area contributed by atoms with E-state index in [0.717, 1.165) is 18.8 Å². The van der Waals surface area contributed by atoms with Crippen molar-refractivity contribution in [2.75, 3.05) is 18.4 Å². The minimum atomic E-state index is -0.385. The topological polar surface area (TPSA) is 67.2 Å². The summed E-state index contributed by atoms with van der Waals surface area (Å²) in [6, 6.07) is 7.85. The summed E-state index contributed by atoms with van der Waals surface area (Å²) in [6.45, 7) is 2.00. The van der Waals surface area contributed by atoms with Crippen LogP contribution in [0.4, 0.5) is 5.69 Å². The summed E-state index contributed by atoms with van der Waals surface area (Å²) in [4.78, 5) is 11.0. The smallest absolute Gasteiger partial charge is 0.248 e. The number of rotatable bonds is 4. The molecule has 1 aliphatic rings. The molecule has 1 heterocycles. The summed E-state index contributed by atoms with van der Waals surface area (Å²) in [6.07, 6.45) is 3.77. The highest BCUT2D eigenvalue weighted by Gasteiger charge is 2.11. The molecule has 0 spiro atoms. The molecule has 2 rings (SSSR count). The predicted octanol–water partition coefficient (Wildman–Crippen LogP) is 1.34. The highest BCUT2D eigenvalue weighted by atomic mass is 16.1. The van der Waals surface area contributed by atoms with Crippen molar-refractivity contribution in [2.24, 2.45) is 5.73 Å². The van der Waals surface area contributed by atoms with Crippen LogP contribution in [0, 0.1) is 0 Å². The van der Waals surface area contributed by atoms with Crippen molar-refractivity contribution >= 4 is 11.6 Å². The van der Waals surface area contributed by atoms with Gasteiger partial charge in [-0.3, -0.25) is 4.79 Å². The van der Waals surface area contributed by atoms with Gasteiger partial charge in [0, 0.05) is 23.8 Å². The molecule has 4 N–H and O–H groups in total. The van der Waals surface area contributed by atoms with E-state index in [1.807, 2.05) is 12.1 Å². The number of piperidine rings is 1. The minimum absolute atomic E-state index is 0.385. The molecule has 0 saturated carbocycles. The van der Waals surface area contributed by atoms with Crippen LogP contribution in [0.15, 0.2) is 24.3 Å². The molecule has 1 atom stereocenters. The molecule has 1 aliphatic heterocycles. The number of carbonyl (C=O) groups is 1. The first-order valence-electron chi connectivity index (χ1n) is 6.13. The van der Waals surface area contributed by atoms with Gasteiger partial charge in [-0.25, -0.2) is 0 Å². The van der Waals surface area contributed by atoms with Gasteiger partial charge in [0.2, 0.25) is 5.91 Å². The highest BCUT2D eigenvalue weighted by molar-refractivity contribution is 5.93. The van der Waals surface area contributed by atoms with E-state index in [9.17, 15) is 4.79 Å². The number of carbonyl (C=O) groups excluding carboxylic acids is 1. The van der Waals surface area contributed by atoms with Crippen LogP contribution >= 0.6 is 0 Å². The lowest BCUT2D eigenvalue weighted by Gasteiger charge is -2.24. The largest absolute Gasteiger partial charge is 0.383 e. The Labute approximate surface area is 102 Å². The summed E-state index contributed by atoms with van der Waals surface area (Å²) in [7, 11) is 0. The number of nitrogens with one attached hydrogen (secondary N) is 2.